The molecule has 8 nitrogen and oxygen atoms in total. The van der Waals surface area contributed by atoms with E-state index in [9.17, 15) is 23.2 Å². The van der Waals surface area contributed by atoms with Crippen molar-refractivity contribution in [2.75, 3.05) is 5.32 Å². The van der Waals surface area contributed by atoms with E-state index in [0.717, 1.165) is 16.7 Å². The van der Waals surface area contributed by atoms with E-state index in [0.29, 0.717) is 6.07 Å². The molecule has 0 atom stereocenters. The summed E-state index contributed by atoms with van der Waals surface area (Å²) in [4.78, 5) is 40.2. The largest absolute Gasteiger partial charge is 0.332 e. The summed E-state index contributed by atoms with van der Waals surface area (Å²) in [6, 6.07) is 2.83. The third-order valence-electron chi connectivity index (χ3n) is 4.00. The quantitative estimate of drug-likeness (QED) is 0.740. The van der Waals surface area contributed by atoms with Gasteiger partial charge in [0.15, 0.2) is 11.2 Å². The lowest BCUT2D eigenvalue weighted by atomic mass is 10.3. The smallest absolute Gasteiger partial charge is 0.324 e. The van der Waals surface area contributed by atoms with Gasteiger partial charge in [0.05, 0.1) is 12.0 Å². The molecule has 2 heterocycles. The Bertz CT molecular complexity index is 1130. The predicted octanol–water partition coefficient (Wildman–Crippen LogP) is 0.741. The Kier molecular flexibility index (Phi) is 4.41. The molecule has 0 radical (unpaired) electrons. The van der Waals surface area contributed by atoms with Crippen LogP contribution in [0.3, 0.4) is 0 Å². The Labute approximate surface area is 145 Å². The maximum Gasteiger partial charge on any atom is 0.332 e. The molecule has 1 aromatic carbocycles. The first kappa shape index (κ1) is 17.5. The van der Waals surface area contributed by atoms with E-state index >= 15 is 0 Å². The summed E-state index contributed by atoms with van der Waals surface area (Å²) in [5.41, 5.74) is -0.758. The molecular weight excluding hydrogens is 348 g/mol. The molecule has 0 fully saturated rings. The molecule has 10 heteroatoms. The van der Waals surface area contributed by atoms with Gasteiger partial charge >= 0.3 is 5.69 Å². The van der Waals surface area contributed by atoms with Gasteiger partial charge in [-0.15, -0.1) is 0 Å². The number of nitrogens with zero attached hydrogens (tertiary/aromatic N) is 4. The first-order valence-corrected chi connectivity index (χ1v) is 7.65. The minimum Gasteiger partial charge on any atom is -0.324 e. The number of aryl methyl sites for hydroxylation is 2. The first-order valence-electron chi connectivity index (χ1n) is 7.65. The van der Waals surface area contributed by atoms with Gasteiger partial charge in [0.1, 0.15) is 11.6 Å². The lowest BCUT2D eigenvalue weighted by Gasteiger charge is -2.08. The molecule has 2 aromatic heterocycles. The second-order valence-corrected chi connectivity index (χ2v) is 5.74. The van der Waals surface area contributed by atoms with Crippen molar-refractivity contribution in [3.05, 3.63) is 57.0 Å². The summed E-state index contributed by atoms with van der Waals surface area (Å²) in [6.07, 6.45) is 1.28. The molecule has 26 heavy (non-hydrogen) atoms. The fourth-order valence-electron chi connectivity index (χ4n) is 2.59. The zero-order valence-corrected chi connectivity index (χ0v) is 14.0. The Morgan fingerprint density at radius 3 is 2.62 bits per heavy atom. The Morgan fingerprint density at radius 2 is 1.92 bits per heavy atom. The molecule has 0 unspecified atom stereocenters. The van der Waals surface area contributed by atoms with Crippen LogP contribution in [0.4, 0.5) is 14.5 Å². The molecule has 3 aromatic rings. The van der Waals surface area contributed by atoms with Crippen LogP contribution in [0.2, 0.25) is 0 Å². The summed E-state index contributed by atoms with van der Waals surface area (Å²) >= 11 is 0. The number of anilines is 1. The summed E-state index contributed by atoms with van der Waals surface area (Å²) in [6.45, 7) is 0.0958. The summed E-state index contributed by atoms with van der Waals surface area (Å²) < 4.78 is 30.1. The molecule has 0 aliphatic carbocycles. The van der Waals surface area contributed by atoms with E-state index in [1.54, 1.807) is 0 Å². The maximum atomic E-state index is 13.6. The number of nitrogens with one attached hydrogen (secondary N) is 1. The van der Waals surface area contributed by atoms with Crippen molar-refractivity contribution in [3.8, 4) is 0 Å². The van der Waals surface area contributed by atoms with Gasteiger partial charge in [-0.2, -0.15) is 0 Å². The van der Waals surface area contributed by atoms with Gasteiger partial charge in [0.2, 0.25) is 5.91 Å². The summed E-state index contributed by atoms with van der Waals surface area (Å²) in [5.74, 6) is -2.14. The minimum absolute atomic E-state index is 0.0751. The van der Waals surface area contributed by atoms with E-state index < -0.39 is 28.8 Å². The van der Waals surface area contributed by atoms with Gasteiger partial charge in [0.25, 0.3) is 5.56 Å². The Balaban J connectivity index is 1.81. The Morgan fingerprint density at radius 1 is 1.19 bits per heavy atom. The lowest BCUT2D eigenvalue weighted by molar-refractivity contribution is -0.116. The van der Waals surface area contributed by atoms with Crippen LogP contribution in [-0.4, -0.2) is 24.6 Å². The van der Waals surface area contributed by atoms with E-state index in [1.165, 1.54) is 29.6 Å². The highest BCUT2D eigenvalue weighted by Crippen LogP contribution is 2.15. The van der Waals surface area contributed by atoms with Crippen molar-refractivity contribution >= 4 is 22.8 Å². The normalized spacial score (nSPS) is 11.1. The van der Waals surface area contributed by atoms with Gasteiger partial charge in [-0.3, -0.25) is 18.7 Å². The number of benzene rings is 1. The highest BCUT2D eigenvalue weighted by molar-refractivity contribution is 5.90. The van der Waals surface area contributed by atoms with Gasteiger partial charge in [0, 0.05) is 33.1 Å². The molecule has 0 spiro atoms. The van der Waals surface area contributed by atoms with Crippen LogP contribution in [0.25, 0.3) is 11.2 Å². The van der Waals surface area contributed by atoms with Crippen molar-refractivity contribution in [3.63, 3.8) is 0 Å². The summed E-state index contributed by atoms with van der Waals surface area (Å²) in [7, 11) is 2.84. The monoisotopic (exact) mass is 363 g/mol. The number of carbonyl (C=O) groups excluding carboxylic acids is 1. The number of hydrogen-bond acceptors (Lipinski definition) is 4. The van der Waals surface area contributed by atoms with Crippen molar-refractivity contribution in [2.45, 2.75) is 13.0 Å². The van der Waals surface area contributed by atoms with E-state index in [4.69, 9.17) is 0 Å². The third kappa shape index (κ3) is 3.01. The van der Waals surface area contributed by atoms with Crippen LogP contribution in [-0.2, 0) is 25.4 Å². The molecule has 1 amide bonds. The number of carbonyl (C=O) groups is 1. The lowest BCUT2D eigenvalue weighted by Crippen LogP contribution is -2.37. The highest BCUT2D eigenvalue weighted by atomic mass is 19.1. The number of aromatic nitrogens is 4. The number of amides is 1. The molecule has 136 valence electrons. The van der Waals surface area contributed by atoms with Gasteiger partial charge in [-0.1, -0.05) is 0 Å². The summed E-state index contributed by atoms with van der Waals surface area (Å²) in [5, 5.41) is 2.34. The number of hydrogen-bond donors (Lipinski definition) is 1. The molecule has 1 N–H and O–H groups in total. The van der Waals surface area contributed by atoms with Crippen LogP contribution in [0.15, 0.2) is 34.1 Å². The second kappa shape index (κ2) is 6.54. The maximum absolute atomic E-state index is 13.6. The topological polar surface area (TPSA) is 90.9 Å². The van der Waals surface area contributed by atoms with Crippen LogP contribution >= 0.6 is 0 Å². The highest BCUT2D eigenvalue weighted by Gasteiger charge is 2.15. The SMILES string of the molecule is Cn1c(=O)c2c(ncn2CCC(=O)Nc2ccc(F)cc2F)n(C)c1=O. The van der Waals surface area contributed by atoms with Gasteiger partial charge in [-0.25, -0.2) is 18.6 Å². The predicted molar refractivity (Wildman–Crippen MR) is 89.8 cm³/mol. The van der Waals surface area contributed by atoms with Crippen LogP contribution < -0.4 is 16.6 Å². The molecule has 0 aliphatic rings. The number of imidazole rings is 1. The molecule has 0 aliphatic heterocycles. The zero-order chi connectivity index (χ0) is 19.0. The first-order chi connectivity index (χ1) is 12.3. The van der Waals surface area contributed by atoms with Crippen LogP contribution in [0.5, 0.6) is 0 Å². The fourth-order valence-corrected chi connectivity index (χ4v) is 2.59. The van der Waals surface area contributed by atoms with Crippen LogP contribution in [0, 0.1) is 11.6 Å². The van der Waals surface area contributed by atoms with Crippen molar-refractivity contribution in [1.82, 2.24) is 18.7 Å². The standard InChI is InChI=1S/C16H15F2N5O3/c1-21-14-13(15(25)22(2)16(21)26)23(8-19-14)6-5-12(24)20-11-4-3-9(17)7-10(11)18/h3-4,7-8H,5-6H2,1-2H3,(H,20,24). The van der Waals surface area contributed by atoms with E-state index in [-0.39, 0.29) is 29.8 Å². The van der Waals surface area contributed by atoms with Crippen LogP contribution in [0.1, 0.15) is 6.42 Å². The fraction of sp³-hybridized carbons (Fsp3) is 0.250. The zero-order valence-electron chi connectivity index (χ0n) is 14.0. The van der Waals surface area contributed by atoms with Gasteiger partial charge < -0.3 is 9.88 Å². The van der Waals surface area contributed by atoms with Crippen molar-refractivity contribution in [2.24, 2.45) is 14.1 Å². The minimum atomic E-state index is -0.879. The van der Waals surface area contributed by atoms with E-state index in [1.807, 2.05) is 0 Å². The van der Waals surface area contributed by atoms with Crippen molar-refractivity contribution in [1.29, 1.82) is 0 Å². The molecule has 3 rings (SSSR count). The Hall–Kier alpha value is -3.30. The second-order valence-electron chi connectivity index (χ2n) is 5.74. The third-order valence-corrected chi connectivity index (χ3v) is 4.00. The average Bonchev–Trinajstić information content (AvgIpc) is 3.03. The number of fused-ring (bicyclic) bond motifs is 1. The molecular formula is C16H15F2N5O3. The number of rotatable bonds is 4. The van der Waals surface area contributed by atoms with Gasteiger partial charge in [-0.05, 0) is 12.1 Å². The van der Waals surface area contributed by atoms with Crippen molar-refractivity contribution < 1.29 is 13.6 Å². The molecule has 0 bridgehead atoms. The molecule has 0 saturated carbocycles. The molecule has 0 saturated heterocycles. The number of halogens is 2. The average molecular weight is 363 g/mol. The van der Waals surface area contributed by atoms with E-state index in [2.05, 4.69) is 10.3 Å².